The Morgan fingerprint density at radius 2 is 1.85 bits per heavy atom. The fourth-order valence-corrected chi connectivity index (χ4v) is 2.47. The number of non-ortho nitro benzene ring substituents is 1. The van der Waals surface area contributed by atoms with Crippen LogP contribution in [0.1, 0.15) is 17.3 Å². The first-order valence-electron chi connectivity index (χ1n) is 7.41. The second kappa shape index (κ2) is 8.43. The maximum absolute atomic E-state index is 12.2. The lowest BCUT2D eigenvalue weighted by Gasteiger charge is -2.16. The van der Waals surface area contributed by atoms with Crippen LogP contribution in [0.15, 0.2) is 46.9 Å². The van der Waals surface area contributed by atoms with E-state index in [0.717, 1.165) is 0 Å². The van der Waals surface area contributed by atoms with Crippen molar-refractivity contribution in [3.05, 3.63) is 62.6 Å². The normalized spacial score (nSPS) is 11.3. The molecule has 0 saturated carbocycles. The first-order chi connectivity index (χ1) is 12.3. The van der Waals surface area contributed by atoms with Crippen LogP contribution in [0.4, 0.5) is 11.4 Å². The maximum Gasteiger partial charge on any atom is 0.337 e. The van der Waals surface area contributed by atoms with Gasteiger partial charge in [-0.15, -0.1) is 0 Å². The van der Waals surface area contributed by atoms with Crippen LogP contribution in [0.25, 0.3) is 0 Å². The molecule has 2 aromatic carbocycles. The summed E-state index contributed by atoms with van der Waals surface area (Å²) in [4.78, 5) is 33.8. The van der Waals surface area contributed by atoms with Gasteiger partial charge in [0.2, 0.25) is 0 Å². The number of hydrogen-bond acceptors (Lipinski definition) is 6. The number of halogens is 1. The van der Waals surface area contributed by atoms with Crippen molar-refractivity contribution >= 4 is 39.2 Å². The lowest BCUT2D eigenvalue weighted by molar-refractivity contribution is -0.384. The molecule has 1 amide bonds. The van der Waals surface area contributed by atoms with Crippen molar-refractivity contribution in [2.45, 2.75) is 13.0 Å². The maximum atomic E-state index is 12.2. The summed E-state index contributed by atoms with van der Waals surface area (Å²) in [6.45, 7) is 1.56. The van der Waals surface area contributed by atoms with Gasteiger partial charge in [0.05, 0.1) is 22.1 Å². The van der Waals surface area contributed by atoms with Gasteiger partial charge in [0.25, 0.3) is 11.6 Å². The number of amides is 1. The molecule has 0 aromatic heterocycles. The van der Waals surface area contributed by atoms with Gasteiger partial charge in [0.1, 0.15) is 5.75 Å². The number of carbonyl (C=O) groups is 2. The van der Waals surface area contributed by atoms with Crippen LogP contribution in [0.3, 0.4) is 0 Å². The van der Waals surface area contributed by atoms with E-state index >= 15 is 0 Å². The summed E-state index contributed by atoms with van der Waals surface area (Å²) in [6, 6.07) is 10.1. The molecule has 0 spiro atoms. The number of esters is 1. The number of carbonyl (C=O) groups excluding carboxylic acids is 2. The first-order valence-corrected chi connectivity index (χ1v) is 8.21. The number of benzene rings is 2. The lowest BCUT2D eigenvalue weighted by Crippen LogP contribution is -2.30. The quantitative estimate of drug-likeness (QED) is 0.433. The van der Waals surface area contributed by atoms with E-state index in [2.05, 4.69) is 26.0 Å². The average molecular weight is 423 g/mol. The molecule has 136 valence electrons. The molecule has 0 saturated heterocycles. The molecular weight excluding hydrogens is 408 g/mol. The van der Waals surface area contributed by atoms with Crippen LogP contribution in [-0.4, -0.2) is 30.0 Å². The van der Waals surface area contributed by atoms with Crippen molar-refractivity contribution in [1.29, 1.82) is 0 Å². The molecule has 1 atom stereocenters. The van der Waals surface area contributed by atoms with E-state index in [0.29, 0.717) is 21.5 Å². The number of nitrogens with zero attached hydrogens (tertiary/aromatic N) is 1. The molecule has 0 aliphatic heterocycles. The van der Waals surface area contributed by atoms with E-state index in [1.165, 1.54) is 43.5 Å². The highest BCUT2D eigenvalue weighted by Gasteiger charge is 2.18. The summed E-state index contributed by atoms with van der Waals surface area (Å²) in [6.07, 6.45) is -0.842. The largest absolute Gasteiger partial charge is 0.480 e. The molecule has 0 unspecified atom stereocenters. The lowest BCUT2D eigenvalue weighted by atomic mass is 10.2. The number of rotatable bonds is 6. The SMILES string of the molecule is COC(=O)c1ccc(O[C@H](C)C(=O)Nc2ccc([N+](=O)[O-])cc2)c(Br)c1. The summed E-state index contributed by atoms with van der Waals surface area (Å²) in [5.41, 5.74) is 0.688. The topological polar surface area (TPSA) is 108 Å². The number of hydrogen-bond donors (Lipinski definition) is 1. The molecule has 1 N–H and O–H groups in total. The van der Waals surface area contributed by atoms with Crippen LogP contribution in [0, 0.1) is 10.1 Å². The molecule has 2 rings (SSSR count). The van der Waals surface area contributed by atoms with E-state index in [1.54, 1.807) is 13.0 Å². The van der Waals surface area contributed by atoms with Gasteiger partial charge < -0.3 is 14.8 Å². The van der Waals surface area contributed by atoms with Gasteiger partial charge in [0.15, 0.2) is 6.10 Å². The Kier molecular flexibility index (Phi) is 6.29. The van der Waals surface area contributed by atoms with Gasteiger partial charge >= 0.3 is 5.97 Å². The summed E-state index contributed by atoms with van der Waals surface area (Å²) >= 11 is 3.28. The van der Waals surface area contributed by atoms with Gasteiger partial charge in [0, 0.05) is 17.8 Å². The van der Waals surface area contributed by atoms with Gasteiger partial charge in [-0.3, -0.25) is 14.9 Å². The smallest absolute Gasteiger partial charge is 0.337 e. The van der Waals surface area contributed by atoms with Crippen LogP contribution in [0.2, 0.25) is 0 Å². The number of nitro groups is 1. The molecule has 0 aliphatic rings. The molecule has 26 heavy (non-hydrogen) atoms. The molecule has 0 bridgehead atoms. The highest BCUT2D eigenvalue weighted by Crippen LogP contribution is 2.27. The Labute approximate surface area is 157 Å². The Hall–Kier alpha value is -2.94. The van der Waals surface area contributed by atoms with Crippen LogP contribution < -0.4 is 10.1 Å². The van der Waals surface area contributed by atoms with E-state index in [4.69, 9.17) is 4.74 Å². The number of nitrogens with one attached hydrogen (secondary N) is 1. The van der Waals surface area contributed by atoms with Crippen molar-refractivity contribution in [3.8, 4) is 5.75 Å². The van der Waals surface area contributed by atoms with Crippen LogP contribution in [-0.2, 0) is 9.53 Å². The van der Waals surface area contributed by atoms with Crippen molar-refractivity contribution in [3.63, 3.8) is 0 Å². The number of ether oxygens (including phenoxy) is 2. The monoisotopic (exact) mass is 422 g/mol. The van der Waals surface area contributed by atoms with Gasteiger partial charge in [-0.2, -0.15) is 0 Å². The minimum atomic E-state index is -0.842. The van der Waals surface area contributed by atoms with Crippen LogP contribution >= 0.6 is 15.9 Å². The number of nitro benzene ring substituents is 1. The molecule has 2 aromatic rings. The highest BCUT2D eigenvalue weighted by molar-refractivity contribution is 9.10. The number of methoxy groups -OCH3 is 1. The highest BCUT2D eigenvalue weighted by atomic mass is 79.9. The fourth-order valence-electron chi connectivity index (χ4n) is 2.00. The third-order valence-corrected chi connectivity index (χ3v) is 3.99. The van der Waals surface area contributed by atoms with E-state index in [9.17, 15) is 19.7 Å². The molecule has 0 radical (unpaired) electrons. The zero-order valence-corrected chi connectivity index (χ0v) is 15.5. The molecule has 0 heterocycles. The van der Waals surface area contributed by atoms with Gasteiger partial charge in [-0.05, 0) is 53.2 Å². The second-order valence-corrected chi connectivity index (χ2v) is 6.04. The summed E-state index contributed by atoms with van der Waals surface area (Å²) < 4.78 is 10.7. The molecule has 8 nitrogen and oxygen atoms in total. The predicted molar refractivity (Wildman–Crippen MR) is 97.3 cm³/mol. The van der Waals surface area contributed by atoms with Crippen molar-refractivity contribution in [1.82, 2.24) is 0 Å². The summed E-state index contributed by atoms with van der Waals surface area (Å²) in [7, 11) is 1.28. The summed E-state index contributed by atoms with van der Waals surface area (Å²) in [5, 5.41) is 13.2. The standard InChI is InChI=1S/C17H15BrN2O6/c1-10(16(21)19-12-4-6-13(7-5-12)20(23)24)26-15-8-3-11(9-14(15)18)17(22)25-2/h3-10H,1-2H3,(H,19,21)/t10-/m1/s1. The van der Waals surface area contributed by atoms with Crippen LogP contribution in [0.5, 0.6) is 5.75 Å². The molecule has 0 fully saturated rings. The Morgan fingerprint density at radius 1 is 1.19 bits per heavy atom. The van der Waals surface area contributed by atoms with Gasteiger partial charge in [-0.25, -0.2) is 4.79 Å². The third-order valence-electron chi connectivity index (χ3n) is 3.37. The van der Waals surface area contributed by atoms with Gasteiger partial charge in [-0.1, -0.05) is 0 Å². The first kappa shape index (κ1) is 19.4. The summed E-state index contributed by atoms with van der Waals surface area (Å²) in [5.74, 6) is -0.534. The zero-order chi connectivity index (χ0) is 19.3. The minimum Gasteiger partial charge on any atom is -0.480 e. The van der Waals surface area contributed by atoms with Crippen molar-refractivity contribution < 1.29 is 24.0 Å². The van der Waals surface area contributed by atoms with Crippen molar-refractivity contribution in [2.24, 2.45) is 0 Å². The molecular formula is C17H15BrN2O6. The average Bonchev–Trinajstić information content (AvgIpc) is 2.62. The second-order valence-electron chi connectivity index (χ2n) is 5.19. The Bertz CT molecular complexity index is 838. The molecule has 0 aliphatic carbocycles. The van der Waals surface area contributed by atoms with E-state index in [1.807, 2.05) is 0 Å². The number of anilines is 1. The van der Waals surface area contributed by atoms with E-state index < -0.39 is 22.9 Å². The zero-order valence-electron chi connectivity index (χ0n) is 13.9. The minimum absolute atomic E-state index is 0.0677. The van der Waals surface area contributed by atoms with E-state index in [-0.39, 0.29) is 5.69 Å². The Balaban J connectivity index is 2.02. The predicted octanol–water partition coefficient (Wildman–Crippen LogP) is 3.55. The fraction of sp³-hybridized carbons (Fsp3) is 0.176. The molecule has 9 heteroatoms. The van der Waals surface area contributed by atoms with Crippen molar-refractivity contribution in [2.75, 3.05) is 12.4 Å². The third kappa shape index (κ3) is 4.79. The Morgan fingerprint density at radius 3 is 2.38 bits per heavy atom.